The van der Waals surface area contributed by atoms with E-state index < -0.39 is 0 Å². The SMILES string of the molecule is CC1CC(CN)(N(C)Cc2ccccc2Br)CCO1. The molecule has 1 fully saturated rings. The monoisotopic (exact) mass is 326 g/mol. The molecule has 1 heterocycles. The second kappa shape index (κ2) is 6.35. The molecule has 3 nitrogen and oxygen atoms in total. The van der Waals surface area contributed by atoms with Crippen molar-refractivity contribution in [2.45, 2.75) is 38.0 Å². The Balaban J connectivity index is 2.13. The molecule has 1 aliphatic rings. The second-order valence-electron chi connectivity index (χ2n) is 5.51. The smallest absolute Gasteiger partial charge is 0.0565 e. The highest BCUT2D eigenvalue weighted by molar-refractivity contribution is 9.10. The fourth-order valence-corrected chi connectivity index (χ4v) is 3.29. The number of likely N-dealkylation sites (N-methyl/N-ethyl adjacent to an activating group) is 1. The Bertz CT molecular complexity index is 426. The minimum absolute atomic E-state index is 0.0624. The van der Waals surface area contributed by atoms with Crippen LogP contribution in [0.15, 0.2) is 28.7 Å². The third-order valence-corrected chi connectivity index (χ3v) is 4.97. The summed E-state index contributed by atoms with van der Waals surface area (Å²) in [6.07, 6.45) is 2.30. The molecule has 106 valence electrons. The standard InChI is InChI=1S/C15H23BrN2O/c1-12-9-15(11-17,7-8-19-12)18(2)10-13-5-3-4-6-14(13)16/h3-6,12H,7-11,17H2,1-2H3. The lowest BCUT2D eigenvalue weighted by Crippen LogP contribution is -2.56. The van der Waals surface area contributed by atoms with Gasteiger partial charge in [-0.05, 0) is 38.4 Å². The number of nitrogens with zero attached hydrogens (tertiary/aromatic N) is 1. The van der Waals surface area contributed by atoms with Crippen LogP contribution in [0, 0.1) is 0 Å². The van der Waals surface area contributed by atoms with E-state index in [1.165, 1.54) is 5.56 Å². The van der Waals surface area contributed by atoms with Gasteiger partial charge in [0, 0.05) is 29.7 Å². The molecule has 1 aliphatic heterocycles. The molecular formula is C15H23BrN2O. The summed E-state index contributed by atoms with van der Waals surface area (Å²) in [6, 6.07) is 8.37. The fourth-order valence-electron chi connectivity index (χ4n) is 2.88. The average Bonchev–Trinajstić information content (AvgIpc) is 2.41. The summed E-state index contributed by atoms with van der Waals surface area (Å²) in [5.74, 6) is 0. The van der Waals surface area contributed by atoms with E-state index in [4.69, 9.17) is 10.5 Å². The van der Waals surface area contributed by atoms with Gasteiger partial charge in [0.15, 0.2) is 0 Å². The molecule has 2 N–H and O–H groups in total. The molecule has 1 saturated heterocycles. The van der Waals surface area contributed by atoms with Crippen molar-refractivity contribution < 1.29 is 4.74 Å². The number of benzene rings is 1. The van der Waals surface area contributed by atoms with Crippen molar-refractivity contribution in [1.82, 2.24) is 4.90 Å². The maximum absolute atomic E-state index is 6.08. The van der Waals surface area contributed by atoms with Gasteiger partial charge in [-0.25, -0.2) is 0 Å². The first-order valence-electron chi connectivity index (χ1n) is 6.84. The van der Waals surface area contributed by atoms with Crippen molar-refractivity contribution in [3.63, 3.8) is 0 Å². The van der Waals surface area contributed by atoms with Gasteiger partial charge < -0.3 is 10.5 Å². The van der Waals surface area contributed by atoms with Crippen LogP contribution < -0.4 is 5.73 Å². The largest absolute Gasteiger partial charge is 0.378 e. The predicted molar refractivity (Wildman–Crippen MR) is 82.0 cm³/mol. The lowest BCUT2D eigenvalue weighted by atomic mass is 9.85. The summed E-state index contributed by atoms with van der Waals surface area (Å²) >= 11 is 3.62. The highest BCUT2D eigenvalue weighted by atomic mass is 79.9. The molecule has 2 atom stereocenters. The van der Waals surface area contributed by atoms with Crippen LogP contribution in [0.1, 0.15) is 25.3 Å². The molecule has 0 amide bonds. The molecule has 0 saturated carbocycles. The fraction of sp³-hybridized carbons (Fsp3) is 0.600. The van der Waals surface area contributed by atoms with Crippen LogP contribution in [0.4, 0.5) is 0 Å². The highest BCUT2D eigenvalue weighted by Gasteiger charge is 2.37. The lowest BCUT2D eigenvalue weighted by Gasteiger charge is -2.46. The Morgan fingerprint density at radius 1 is 1.47 bits per heavy atom. The van der Waals surface area contributed by atoms with Crippen molar-refractivity contribution in [2.24, 2.45) is 5.73 Å². The van der Waals surface area contributed by atoms with Crippen molar-refractivity contribution in [1.29, 1.82) is 0 Å². The summed E-state index contributed by atoms with van der Waals surface area (Å²) in [6.45, 7) is 4.53. The molecular weight excluding hydrogens is 304 g/mol. The Kier molecular flexibility index (Phi) is 5.01. The number of ether oxygens (including phenoxy) is 1. The van der Waals surface area contributed by atoms with Crippen LogP contribution in [-0.4, -0.2) is 36.7 Å². The molecule has 2 unspecified atom stereocenters. The Morgan fingerprint density at radius 3 is 2.84 bits per heavy atom. The van der Waals surface area contributed by atoms with Gasteiger partial charge in [0.2, 0.25) is 0 Å². The molecule has 0 bridgehead atoms. The number of halogens is 1. The topological polar surface area (TPSA) is 38.5 Å². The Hall–Kier alpha value is -0.420. The second-order valence-corrected chi connectivity index (χ2v) is 6.37. The van der Waals surface area contributed by atoms with E-state index in [9.17, 15) is 0 Å². The predicted octanol–water partition coefficient (Wildman–Crippen LogP) is 2.78. The van der Waals surface area contributed by atoms with Crippen LogP contribution in [-0.2, 0) is 11.3 Å². The maximum atomic E-state index is 6.08. The first kappa shape index (κ1) is 15.0. The molecule has 2 rings (SSSR count). The normalized spacial score (nSPS) is 27.7. The van der Waals surface area contributed by atoms with Crippen LogP contribution >= 0.6 is 15.9 Å². The third-order valence-electron chi connectivity index (χ3n) is 4.19. The van der Waals surface area contributed by atoms with Crippen molar-refractivity contribution >= 4 is 15.9 Å². The quantitative estimate of drug-likeness (QED) is 0.924. The number of hydrogen-bond donors (Lipinski definition) is 1. The molecule has 0 aliphatic carbocycles. The van der Waals surface area contributed by atoms with Crippen molar-refractivity contribution in [2.75, 3.05) is 20.2 Å². The highest BCUT2D eigenvalue weighted by Crippen LogP contribution is 2.31. The molecule has 1 aromatic rings. The van der Waals surface area contributed by atoms with E-state index in [0.29, 0.717) is 12.6 Å². The third kappa shape index (κ3) is 3.37. The zero-order chi connectivity index (χ0) is 13.9. The van der Waals surface area contributed by atoms with Crippen molar-refractivity contribution in [3.05, 3.63) is 34.3 Å². The number of hydrogen-bond acceptors (Lipinski definition) is 3. The van der Waals surface area contributed by atoms with Gasteiger partial charge in [0.05, 0.1) is 6.10 Å². The minimum Gasteiger partial charge on any atom is -0.378 e. The molecule has 1 aromatic carbocycles. The first-order valence-corrected chi connectivity index (χ1v) is 7.63. The molecule has 4 heteroatoms. The Morgan fingerprint density at radius 2 is 2.21 bits per heavy atom. The number of nitrogens with two attached hydrogens (primary N) is 1. The van der Waals surface area contributed by atoms with Gasteiger partial charge in [-0.1, -0.05) is 34.1 Å². The lowest BCUT2D eigenvalue weighted by molar-refractivity contribution is -0.0584. The zero-order valence-electron chi connectivity index (χ0n) is 11.7. The van der Waals surface area contributed by atoms with Gasteiger partial charge >= 0.3 is 0 Å². The van der Waals surface area contributed by atoms with E-state index in [2.05, 4.69) is 53.0 Å². The zero-order valence-corrected chi connectivity index (χ0v) is 13.3. The van der Waals surface area contributed by atoms with Crippen LogP contribution in [0.2, 0.25) is 0 Å². The maximum Gasteiger partial charge on any atom is 0.0565 e. The van der Waals surface area contributed by atoms with Crippen LogP contribution in [0.25, 0.3) is 0 Å². The van der Waals surface area contributed by atoms with Gasteiger partial charge in [0.1, 0.15) is 0 Å². The summed E-state index contributed by atoms with van der Waals surface area (Å²) in [7, 11) is 2.17. The van der Waals surface area contributed by atoms with E-state index in [1.54, 1.807) is 0 Å². The van der Waals surface area contributed by atoms with E-state index in [-0.39, 0.29) is 5.54 Å². The Labute approximate surface area is 124 Å². The summed E-state index contributed by atoms with van der Waals surface area (Å²) in [5, 5.41) is 0. The average molecular weight is 327 g/mol. The van der Waals surface area contributed by atoms with Gasteiger partial charge in [-0.2, -0.15) is 0 Å². The van der Waals surface area contributed by atoms with Gasteiger partial charge in [-0.15, -0.1) is 0 Å². The van der Waals surface area contributed by atoms with Crippen LogP contribution in [0.5, 0.6) is 0 Å². The summed E-state index contributed by atoms with van der Waals surface area (Å²) < 4.78 is 6.83. The minimum atomic E-state index is 0.0624. The molecule has 0 spiro atoms. The van der Waals surface area contributed by atoms with Crippen molar-refractivity contribution in [3.8, 4) is 0 Å². The van der Waals surface area contributed by atoms with Crippen LogP contribution in [0.3, 0.4) is 0 Å². The molecule has 19 heavy (non-hydrogen) atoms. The van der Waals surface area contributed by atoms with E-state index in [1.807, 2.05) is 6.07 Å². The summed E-state index contributed by atoms with van der Waals surface area (Å²) in [4.78, 5) is 2.39. The molecule has 0 aromatic heterocycles. The number of rotatable bonds is 4. The first-order chi connectivity index (χ1) is 9.07. The van der Waals surface area contributed by atoms with Gasteiger partial charge in [-0.3, -0.25) is 4.90 Å². The molecule has 0 radical (unpaired) electrons. The summed E-state index contributed by atoms with van der Waals surface area (Å²) in [5.41, 5.74) is 7.45. The van der Waals surface area contributed by atoms with E-state index >= 15 is 0 Å². The van der Waals surface area contributed by atoms with Gasteiger partial charge in [0.25, 0.3) is 0 Å². The van der Waals surface area contributed by atoms with E-state index in [0.717, 1.165) is 30.5 Å².